The third-order valence-corrected chi connectivity index (χ3v) is 7.13. The molecule has 1 aliphatic carbocycles. The molecule has 2 N–H and O–H groups in total. The van der Waals surface area contributed by atoms with Gasteiger partial charge in [-0.05, 0) is 67.5 Å². The van der Waals surface area contributed by atoms with Crippen molar-refractivity contribution in [3.8, 4) is 0 Å². The molecule has 0 radical (unpaired) electrons. The molecule has 0 spiro atoms. The monoisotopic (exact) mass is 494 g/mol. The predicted octanol–water partition coefficient (Wildman–Crippen LogP) is 5.76. The van der Waals surface area contributed by atoms with Crippen LogP contribution < -0.4 is 10.2 Å². The first-order chi connectivity index (χ1) is 15.3. The molecule has 1 heterocycles. The van der Waals surface area contributed by atoms with Crippen molar-refractivity contribution in [3.05, 3.63) is 56.5 Å². The first kappa shape index (κ1) is 23.4. The molecule has 170 valence electrons. The average Bonchev–Trinajstić information content (AvgIpc) is 3.55. The Labute approximate surface area is 202 Å². The van der Waals surface area contributed by atoms with Gasteiger partial charge in [-0.2, -0.15) is 0 Å². The Balaban J connectivity index is 1.31. The number of hydrogen-bond donors (Lipinski definition) is 2. The third kappa shape index (κ3) is 4.91. The molecule has 0 bridgehead atoms. The number of aliphatic hydroxyl groups excluding tert-OH is 1. The number of rotatable bonds is 7. The molecule has 2 amide bonds. The second-order valence-electron chi connectivity index (χ2n) is 8.58. The van der Waals surface area contributed by atoms with Crippen molar-refractivity contribution in [3.63, 3.8) is 0 Å². The zero-order valence-electron chi connectivity index (χ0n) is 17.6. The number of nitrogens with one attached hydrogen (secondary N) is 1. The summed E-state index contributed by atoms with van der Waals surface area (Å²) in [6, 6.07) is 9.00. The van der Waals surface area contributed by atoms with E-state index in [4.69, 9.17) is 34.8 Å². The Morgan fingerprint density at radius 3 is 2.53 bits per heavy atom. The fourth-order valence-corrected chi connectivity index (χ4v) is 5.15. The van der Waals surface area contributed by atoms with Gasteiger partial charge in [0.25, 0.3) is 0 Å². The molecule has 32 heavy (non-hydrogen) atoms. The number of fused-ring (bicyclic) bond motifs is 1. The number of anilines is 2. The molecule has 2 aromatic carbocycles. The van der Waals surface area contributed by atoms with Gasteiger partial charge >= 0.3 is 0 Å². The lowest BCUT2D eigenvalue weighted by atomic mass is 9.97. The van der Waals surface area contributed by atoms with E-state index in [1.54, 1.807) is 17.0 Å². The Morgan fingerprint density at radius 1 is 1.06 bits per heavy atom. The molecule has 2 aromatic rings. The molecule has 0 atom stereocenters. The molecular weight excluding hydrogens is 471 g/mol. The minimum atomic E-state index is -0.195. The number of nitrogens with zero attached hydrogens (tertiary/aromatic N) is 1. The second kappa shape index (κ2) is 9.60. The molecule has 1 aliphatic heterocycles. The second-order valence-corrected chi connectivity index (χ2v) is 9.83. The maximum atomic E-state index is 12.8. The highest BCUT2D eigenvalue weighted by Gasteiger charge is 2.43. The van der Waals surface area contributed by atoms with Crippen molar-refractivity contribution in [2.45, 2.75) is 50.4 Å². The van der Waals surface area contributed by atoms with Crippen molar-refractivity contribution in [2.75, 3.05) is 23.4 Å². The van der Waals surface area contributed by atoms with Crippen LogP contribution in [0.5, 0.6) is 0 Å². The van der Waals surface area contributed by atoms with Crippen molar-refractivity contribution in [1.29, 1.82) is 0 Å². The number of amides is 2. The highest BCUT2D eigenvalue weighted by atomic mass is 35.5. The van der Waals surface area contributed by atoms with Gasteiger partial charge in [0.1, 0.15) is 0 Å². The Morgan fingerprint density at radius 2 is 1.84 bits per heavy atom. The molecular formula is C24H25Cl3N2O3. The van der Waals surface area contributed by atoms with Crippen LogP contribution in [0.25, 0.3) is 0 Å². The van der Waals surface area contributed by atoms with Crippen LogP contribution in [-0.4, -0.2) is 30.1 Å². The summed E-state index contributed by atoms with van der Waals surface area (Å²) < 4.78 is 0. The largest absolute Gasteiger partial charge is 0.395 e. The Hall–Kier alpha value is -1.79. The highest BCUT2D eigenvalue weighted by Crippen LogP contribution is 2.48. The summed E-state index contributed by atoms with van der Waals surface area (Å²) in [4.78, 5) is 26.9. The molecule has 8 heteroatoms. The van der Waals surface area contributed by atoms with Crippen molar-refractivity contribution in [2.24, 2.45) is 0 Å². The first-order valence-corrected chi connectivity index (χ1v) is 12.0. The van der Waals surface area contributed by atoms with Gasteiger partial charge in [-0.25, -0.2) is 0 Å². The van der Waals surface area contributed by atoms with E-state index in [1.165, 1.54) is 0 Å². The van der Waals surface area contributed by atoms with Gasteiger partial charge in [-0.1, -0.05) is 40.9 Å². The third-order valence-electron chi connectivity index (χ3n) is 6.31. The summed E-state index contributed by atoms with van der Waals surface area (Å²) in [5, 5.41) is 13.9. The summed E-state index contributed by atoms with van der Waals surface area (Å²) in [6.07, 6.45) is 4.45. The van der Waals surface area contributed by atoms with Crippen LogP contribution >= 0.6 is 34.8 Å². The van der Waals surface area contributed by atoms with E-state index in [9.17, 15) is 14.7 Å². The highest BCUT2D eigenvalue weighted by molar-refractivity contribution is 6.37. The van der Waals surface area contributed by atoms with E-state index in [2.05, 4.69) is 5.32 Å². The lowest BCUT2D eigenvalue weighted by Crippen LogP contribution is -2.35. The molecule has 5 nitrogen and oxygen atoms in total. The van der Waals surface area contributed by atoms with Crippen LogP contribution in [0.2, 0.25) is 15.1 Å². The number of benzene rings is 2. The molecule has 1 fully saturated rings. The molecule has 0 aromatic heterocycles. The minimum Gasteiger partial charge on any atom is -0.395 e. The zero-order chi connectivity index (χ0) is 22.9. The van der Waals surface area contributed by atoms with E-state index < -0.39 is 0 Å². The molecule has 2 aliphatic rings. The Kier molecular flexibility index (Phi) is 7.01. The lowest BCUT2D eigenvalue weighted by molar-refractivity contribution is -0.119. The summed E-state index contributed by atoms with van der Waals surface area (Å²) in [6.45, 7) is 0.708. The smallest absolute Gasteiger partial charge is 0.227 e. The molecule has 4 rings (SSSR count). The maximum Gasteiger partial charge on any atom is 0.227 e. The van der Waals surface area contributed by atoms with Crippen LogP contribution in [-0.2, 0) is 21.4 Å². The summed E-state index contributed by atoms with van der Waals surface area (Å²) in [7, 11) is 0. The predicted molar refractivity (Wildman–Crippen MR) is 129 cm³/mol. The van der Waals surface area contributed by atoms with E-state index in [1.807, 2.05) is 18.2 Å². The van der Waals surface area contributed by atoms with Crippen LogP contribution in [0.1, 0.15) is 49.7 Å². The van der Waals surface area contributed by atoms with Gasteiger partial charge in [-0.3, -0.25) is 9.59 Å². The number of hydrogen-bond acceptors (Lipinski definition) is 3. The van der Waals surface area contributed by atoms with Gasteiger partial charge in [0.15, 0.2) is 0 Å². The van der Waals surface area contributed by atoms with E-state index in [0.717, 1.165) is 42.5 Å². The van der Waals surface area contributed by atoms with Gasteiger partial charge in [0.2, 0.25) is 11.8 Å². The maximum absolute atomic E-state index is 12.8. The zero-order valence-corrected chi connectivity index (χ0v) is 19.9. The summed E-state index contributed by atoms with van der Waals surface area (Å²) >= 11 is 18.8. The van der Waals surface area contributed by atoms with Crippen molar-refractivity contribution in [1.82, 2.24) is 0 Å². The van der Waals surface area contributed by atoms with Gasteiger partial charge in [0, 0.05) is 29.8 Å². The van der Waals surface area contributed by atoms with Crippen LogP contribution in [0.3, 0.4) is 0 Å². The quantitative estimate of drug-likeness (QED) is 0.513. The number of carbonyl (C=O) groups is 2. The van der Waals surface area contributed by atoms with E-state index in [0.29, 0.717) is 33.7 Å². The molecule has 1 saturated carbocycles. The first-order valence-electron chi connectivity index (χ1n) is 10.8. The van der Waals surface area contributed by atoms with Crippen molar-refractivity contribution >= 4 is 58.0 Å². The van der Waals surface area contributed by atoms with Crippen LogP contribution in [0.4, 0.5) is 11.4 Å². The topological polar surface area (TPSA) is 69.6 Å². The number of aliphatic hydroxyl groups is 1. The summed E-state index contributed by atoms with van der Waals surface area (Å²) in [5.74, 6) is -0.247. The SMILES string of the molecule is O=C(CCCC(=O)N1CCCc2cc(Cl)cc(Cl)c21)Nc1ccc(C2(CO)CC2)cc1Cl. The summed E-state index contributed by atoms with van der Waals surface area (Å²) in [5.41, 5.74) is 3.07. The van der Waals surface area contributed by atoms with Crippen LogP contribution in [0, 0.1) is 0 Å². The normalized spacial score (nSPS) is 16.4. The number of carbonyl (C=O) groups excluding carboxylic acids is 2. The fraction of sp³-hybridized carbons (Fsp3) is 0.417. The fourth-order valence-electron chi connectivity index (χ4n) is 4.28. The number of aryl methyl sites for hydroxylation is 1. The molecule has 0 unspecified atom stereocenters. The van der Waals surface area contributed by atoms with Gasteiger partial charge in [-0.15, -0.1) is 0 Å². The van der Waals surface area contributed by atoms with Gasteiger partial charge in [0.05, 0.1) is 28.0 Å². The van der Waals surface area contributed by atoms with E-state index >= 15 is 0 Å². The standard InChI is InChI=1S/C24H25Cl3N2O3/c25-17-11-15-3-2-10-29(23(15)19(27)13-17)22(32)5-1-4-21(31)28-20-7-6-16(12-18(20)26)24(14-30)8-9-24/h6-7,11-13,30H,1-5,8-10,14H2,(H,28,31). The number of halogens is 3. The molecule has 0 saturated heterocycles. The Bertz CT molecular complexity index is 1050. The lowest BCUT2D eigenvalue weighted by Gasteiger charge is -2.30. The van der Waals surface area contributed by atoms with Gasteiger partial charge < -0.3 is 15.3 Å². The van der Waals surface area contributed by atoms with Crippen molar-refractivity contribution < 1.29 is 14.7 Å². The van der Waals surface area contributed by atoms with Crippen LogP contribution in [0.15, 0.2) is 30.3 Å². The minimum absolute atomic E-state index is 0.0518. The average molecular weight is 496 g/mol. The van der Waals surface area contributed by atoms with E-state index in [-0.39, 0.29) is 36.7 Å².